The molecule has 1 heterocycles. The van der Waals surface area contributed by atoms with Crippen LogP contribution in [0.4, 0.5) is 10.5 Å². The molecule has 6 nitrogen and oxygen atoms in total. The lowest BCUT2D eigenvalue weighted by Gasteiger charge is -2.12. The summed E-state index contributed by atoms with van der Waals surface area (Å²) in [4.78, 5) is 19.8. The summed E-state index contributed by atoms with van der Waals surface area (Å²) in [6.45, 7) is 2.27. The van der Waals surface area contributed by atoms with Crippen molar-refractivity contribution in [3.63, 3.8) is 0 Å². The Kier molecular flexibility index (Phi) is 5.42. The predicted molar refractivity (Wildman–Crippen MR) is 112 cm³/mol. The highest BCUT2D eigenvalue weighted by molar-refractivity contribution is 5.84. The first-order valence-electron chi connectivity index (χ1n) is 9.36. The van der Waals surface area contributed by atoms with E-state index in [2.05, 4.69) is 15.3 Å². The molecule has 0 aliphatic heterocycles. The van der Waals surface area contributed by atoms with Crippen LogP contribution in [0.3, 0.4) is 0 Å². The van der Waals surface area contributed by atoms with Gasteiger partial charge in [0.15, 0.2) is 6.10 Å². The quantitative estimate of drug-likeness (QED) is 0.461. The smallest absolute Gasteiger partial charge is 0.412 e. The summed E-state index contributed by atoms with van der Waals surface area (Å²) in [6, 6.07) is 24.8. The third kappa shape index (κ3) is 4.73. The second-order valence-electron chi connectivity index (χ2n) is 6.61. The normalized spacial score (nSPS) is 11.8. The van der Waals surface area contributed by atoms with Gasteiger partial charge in [0.2, 0.25) is 0 Å². The second kappa shape index (κ2) is 8.48. The van der Waals surface area contributed by atoms with Gasteiger partial charge in [-0.1, -0.05) is 42.5 Å². The highest BCUT2D eigenvalue weighted by Crippen LogP contribution is 2.20. The SMILES string of the molecule is CC(OC(=O)Nc1ccc(OCc2ccccc2)cc1)c1nc2ccccc2[nH]1. The largest absolute Gasteiger partial charge is 0.489 e. The lowest BCUT2D eigenvalue weighted by atomic mass is 10.2. The fourth-order valence-corrected chi connectivity index (χ4v) is 2.90. The van der Waals surface area contributed by atoms with Gasteiger partial charge in [-0.2, -0.15) is 0 Å². The summed E-state index contributed by atoms with van der Waals surface area (Å²) in [7, 11) is 0. The third-order valence-corrected chi connectivity index (χ3v) is 4.43. The van der Waals surface area contributed by atoms with Crippen molar-refractivity contribution in [2.24, 2.45) is 0 Å². The minimum absolute atomic E-state index is 0.491. The lowest BCUT2D eigenvalue weighted by Crippen LogP contribution is -2.16. The van der Waals surface area contributed by atoms with E-state index >= 15 is 0 Å². The number of nitrogens with one attached hydrogen (secondary N) is 2. The van der Waals surface area contributed by atoms with Gasteiger partial charge in [-0.15, -0.1) is 0 Å². The Labute approximate surface area is 168 Å². The minimum Gasteiger partial charge on any atom is -0.489 e. The number of benzene rings is 3. The number of para-hydroxylation sites is 2. The maximum Gasteiger partial charge on any atom is 0.412 e. The number of H-pyrrole nitrogens is 1. The lowest BCUT2D eigenvalue weighted by molar-refractivity contribution is 0.117. The average molecular weight is 387 g/mol. The highest BCUT2D eigenvalue weighted by Gasteiger charge is 2.15. The molecule has 0 fully saturated rings. The molecular weight excluding hydrogens is 366 g/mol. The molecule has 4 rings (SSSR count). The molecule has 29 heavy (non-hydrogen) atoms. The van der Waals surface area contributed by atoms with Crippen molar-refractivity contribution in [1.29, 1.82) is 0 Å². The fourth-order valence-electron chi connectivity index (χ4n) is 2.90. The van der Waals surface area contributed by atoms with E-state index in [0.29, 0.717) is 18.1 Å². The van der Waals surface area contributed by atoms with Gasteiger partial charge in [0, 0.05) is 5.69 Å². The van der Waals surface area contributed by atoms with Crippen LogP contribution in [0.1, 0.15) is 24.4 Å². The minimum atomic E-state index is -0.545. The maximum absolute atomic E-state index is 12.2. The van der Waals surface area contributed by atoms with E-state index in [4.69, 9.17) is 9.47 Å². The van der Waals surface area contributed by atoms with E-state index in [1.54, 1.807) is 31.2 Å². The van der Waals surface area contributed by atoms with Crippen LogP contribution in [0.5, 0.6) is 5.75 Å². The predicted octanol–water partition coefficient (Wildman–Crippen LogP) is 5.45. The van der Waals surface area contributed by atoms with Gasteiger partial charge < -0.3 is 14.5 Å². The van der Waals surface area contributed by atoms with Crippen LogP contribution < -0.4 is 10.1 Å². The molecule has 1 amide bonds. The number of hydrogen-bond donors (Lipinski definition) is 2. The molecule has 146 valence electrons. The number of amides is 1. The first-order chi connectivity index (χ1) is 14.2. The standard InChI is InChI=1S/C23H21N3O3/c1-16(22-25-20-9-5-6-10-21(20)26-22)29-23(27)24-18-11-13-19(14-12-18)28-15-17-7-3-2-4-8-17/h2-14,16H,15H2,1H3,(H,24,27)(H,25,26). The van der Waals surface area contributed by atoms with E-state index < -0.39 is 12.2 Å². The van der Waals surface area contributed by atoms with Crippen molar-refractivity contribution in [3.05, 3.63) is 90.3 Å². The summed E-state index contributed by atoms with van der Waals surface area (Å²) in [5, 5.41) is 2.72. The second-order valence-corrected chi connectivity index (χ2v) is 6.61. The molecule has 1 unspecified atom stereocenters. The molecule has 6 heteroatoms. The van der Waals surface area contributed by atoms with Crippen molar-refractivity contribution in [2.75, 3.05) is 5.32 Å². The molecule has 4 aromatic rings. The Morgan fingerprint density at radius 3 is 2.48 bits per heavy atom. The molecule has 3 aromatic carbocycles. The molecule has 0 saturated heterocycles. The molecule has 0 radical (unpaired) electrons. The van der Waals surface area contributed by atoms with Crippen LogP contribution >= 0.6 is 0 Å². The molecule has 2 N–H and O–H groups in total. The Hall–Kier alpha value is -3.80. The van der Waals surface area contributed by atoms with Crippen molar-refractivity contribution >= 4 is 22.8 Å². The maximum atomic E-state index is 12.2. The van der Waals surface area contributed by atoms with E-state index in [1.165, 1.54) is 0 Å². The van der Waals surface area contributed by atoms with Crippen LogP contribution in [-0.2, 0) is 11.3 Å². The van der Waals surface area contributed by atoms with Crippen LogP contribution in [0.25, 0.3) is 11.0 Å². The number of nitrogens with zero attached hydrogens (tertiary/aromatic N) is 1. The molecule has 0 aliphatic carbocycles. The van der Waals surface area contributed by atoms with Gasteiger partial charge in [0.05, 0.1) is 11.0 Å². The molecule has 0 bridgehead atoms. The van der Waals surface area contributed by atoms with Crippen LogP contribution in [0, 0.1) is 0 Å². The van der Waals surface area contributed by atoms with Crippen molar-refractivity contribution < 1.29 is 14.3 Å². The topological polar surface area (TPSA) is 76.2 Å². The molecule has 1 atom stereocenters. The third-order valence-electron chi connectivity index (χ3n) is 4.43. The van der Waals surface area contributed by atoms with Gasteiger partial charge in [0.25, 0.3) is 0 Å². The van der Waals surface area contributed by atoms with E-state index in [-0.39, 0.29) is 0 Å². The highest BCUT2D eigenvalue weighted by atomic mass is 16.6. The van der Waals surface area contributed by atoms with Crippen LogP contribution in [0.15, 0.2) is 78.9 Å². The van der Waals surface area contributed by atoms with Gasteiger partial charge in [-0.05, 0) is 48.9 Å². The van der Waals surface area contributed by atoms with Crippen LogP contribution in [-0.4, -0.2) is 16.1 Å². The Bertz CT molecular complexity index is 1060. The zero-order valence-corrected chi connectivity index (χ0v) is 16.0. The zero-order valence-electron chi connectivity index (χ0n) is 16.0. The van der Waals surface area contributed by atoms with Gasteiger partial charge in [0.1, 0.15) is 18.2 Å². The summed E-state index contributed by atoms with van der Waals surface area (Å²) in [6.07, 6.45) is -1.05. The number of aromatic nitrogens is 2. The van der Waals surface area contributed by atoms with Gasteiger partial charge in [-0.25, -0.2) is 9.78 Å². The molecule has 0 spiro atoms. The van der Waals surface area contributed by atoms with E-state index in [1.807, 2.05) is 54.6 Å². The summed E-state index contributed by atoms with van der Waals surface area (Å²) in [5.74, 6) is 1.33. The Morgan fingerprint density at radius 2 is 1.72 bits per heavy atom. The molecular formula is C23H21N3O3. The molecule has 1 aromatic heterocycles. The van der Waals surface area contributed by atoms with Gasteiger partial charge >= 0.3 is 6.09 Å². The number of anilines is 1. The number of carbonyl (C=O) groups is 1. The number of rotatable bonds is 6. The van der Waals surface area contributed by atoms with E-state index in [0.717, 1.165) is 22.3 Å². The summed E-state index contributed by atoms with van der Waals surface area (Å²) >= 11 is 0. The van der Waals surface area contributed by atoms with Crippen molar-refractivity contribution in [2.45, 2.75) is 19.6 Å². The Morgan fingerprint density at radius 1 is 1.00 bits per heavy atom. The summed E-state index contributed by atoms with van der Waals surface area (Å²) in [5.41, 5.74) is 3.46. The van der Waals surface area contributed by atoms with Crippen molar-refractivity contribution in [1.82, 2.24) is 9.97 Å². The number of ether oxygens (including phenoxy) is 2. The number of carbonyl (C=O) groups excluding carboxylic acids is 1. The average Bonchev–Trinajstić information content (AvgIpc) is 3.18. The summed E-state index contributed by atoms with van der Waals surface area (Å²) < 4.78 is 11.2. The molecule has 0 aliphatic rings. The fraction of sp³-hybridized carbons (Fsp3) is 0.130. The number of imidazole rings is 1. The van der Waals surface area contributed by atoms with Crippen molar-refractivity contribution in [3.8, 4) is 5.75 Å². The van der Waals surface area contributed by atoms with Gasteiger partial charge in [-0.3, -0.25) is 5.32 Å². The number of aromatic amines is 1. The Balaban J connectivity index is 1.30. The van der Waals surface area contributed by atoms with Crippen LogP contribution in [0.2, 0.25) is 0 Å². The zero-order chi connectivity index (χ0) is 20.1. The first-order valence-corrected chi connectivity index (χ1v) is 9.36. The number of fused-ring (bicyclic) bond motifs is 1. The monoisotopic (exact) mass is 387 g/mol. The first kappa shape index (κ1) is 18.6. The van der Waals surface area contributed by atoms with E-state index in [9.17, 15) is 4.79 Å². The molecule has 0 saturated carbocycles. The number of hydrogen-bond acceptors (Lipinski definition) is 4.